The van der Waals surface area contributed by atoms with Crippen LogP contribution >= 0.6 is 0 Å². The van der Waals surface area contributed by atoms with Gasteiger partial charge in [0, 0.05) is 5.39 Å². The lowest BCUT2D eigenvalue weighted by Crippen LogP contribution is -2.14. The summed E-state index contributed by atoms with van der Waals surface area (Å²) in [5, 5.41) is 2.37. The highest BCUT2D eigenvalue weighted by molar-refractivity contribution is 5.88. The molecule has 1 unspecified atom stereocenters. The minimum Gasteiger partial charge on any atom is -0.491 e. The van der Waals surface area contributed by atoms with Crippen LogP contribution in [0.3, 0.4) is 0 Å². The molecule has 0 aliphatic carbocycles. The Morgan fingerprint density at radius 3 is 2.65 bits per heavy atom. The highest BCUT2D eigenvalue weighted by Gasteiger charge is 2.03. The Balaban J connectivity index is 1.81. The van der Waals surface area contributed by atoms with Crippen LogP contribution in [0.15, 0.2) is 42.5 Å². The summed E-state index contributed by atoms with van der Waals surface area (Å²) in [6.07, 6.45) is 3.90. The first-order valence-corrected chi connectivity index (χ1v) is 7.53. The number of ether oxygens (including phenoxy) is 2. The average Bonchev–Trinajstić information content (AvgIpc) is 2.49. The number of benzene rings is 2. The predicted molar refractivity (Wildman–Crippen MR) is 84.4 cm³/mol. The van der Waals surface area contributed by atoms with Gasteiger partial charge in [0.25, 0.3) is 0 Å². The molecular weight excluding hydrogens is 248 g/mol. The van der Waals surface area contributed by atoms with Gasteiger partial charge in [0.05, 0.1) is 12.7 Å². The lowest BCUT2D eigenvalue weighted by Gasteiger charge is -2.14. The van der Waals surface area contributed by atoms with Crippen LogP contribution in [0, 0.1) is 0 Å². The molecule has 0 saturated carbocycles. The highest BCUT2D eigenvalue weighted by atomic mass is 16.5. The van der Waals surface area contributed by atoms with Crippen molar-refractivity contribution in [1.29, 1.82) is 0 Å². The maximum absolute atomic E-state index is 5.85. The van der Waals surface area contributed by atoms with Crippen molar-refractivity contribution in [3.8, 4) is 5.75 Å². The largest absolute Gasteiger partial charge is 0.491 e. The van der Waals surface area contributed by atoms with Crippen molar-refractivity contribution in [2.45, 2.75) is 39.2 Å². The third-order valence-electron chi connectivity index (χ3n) is 3.46. The van der Waals surface area contributed by atoms with Gasteiger partial charge in [0.2, 0.25) is 0 Å². The zero-order valence-corrected chi connectivity index (χ0v) is 12.5. The lowest BCUT2D eigenvalue weighted by atomic mass is 10.1. The normalized spacial score (nSPS) is 12.5. The molecule has 0 aliphatic rings. The standard InChI is InChI=1S/C18H24O2/c1-3-4-8-15(2)19-13-14-20-18-12-7-10-16-9-5-6-11-17(16)18/h5-7,9-12,15H,3-4,8,13-14H2,1-2H3. The summed E-state index contributed by atoms with van der Waals surface area (Å²) in [6, 6.07) is 14.4. The first-order valence-electron chi connectivity index (χ1n) is 7.53. The second-order valence-corrected chi connectivity index (χ2v) is 5.15. The third kappa shape index (κ3) is 4.24. The molecule has 0 heterocycles. The van der Waals surface area contributed by atoms with E-state index in [0.717, 1.165) is 17.6 Å². The molecule has 0 saturated heterocycles. The number of fused-ring (bicyclic) bond motifs is 1. The number of rotatable bonds is 8. The van der Waals surface area contributed by atoms with Crippen molar-refractivity contribution in [3.05, 3.63) is 42.5 Å². The molecule has 0 radical (unpaired) electrons. The zero-order chi connectivity index (χ0) is 14.2. The Bertz CT molecular complexity index is 516. The van der Waals surface area contributed by atoms with Crippen molar-refractivity contribution < 1.29 is 9.47 Å². The molecule has 0 fully saturated rings. The van der Waals surface area contributed by atoms with Gasteiger partial charge in [0.1, 0.15) is 12.4 Å². The summed E-state index contributed by atoms with van der Waals surface area (Å²) in [5.41, 5.74) is 0. The van der Waals surface area contributed by atoms with E-state index in [1.54, 1.807) is 0 Å². The van der Waals surface area contributed by atoms with Crippen LogP contribution in [0.1, 0.15) is 33.1 Å². The fourth-order valence-corrected chi connectivity index (χ4v) is 2.30. The molecule has 0 bridgehead atoms. The Morgan fingerprint density at radius 1 is 1.00 bits per heavy atom. The summed E-state index contributed by atoms with van der Waals surface area (Å²) in [7, 11) is 0. The maximum atomic E-state index is 5.85. The van der Waals surface area contributed by atoms with Gasteiger partial charge in [-0.2, -0.15) is 0 Å². The van der Waals surface area contributed by atoms with Crippen molar-refractivity contribution in [2.24, 2.45) is 0 Å². The minimum atomic E-state index is 0.325. The molecule has 2 nitrogen and oxygen atoms in total. The van der Waals surface area contributed by atoms with Crippen LogP contribution in [-0.4, -0.2) is 19.3 Å². The highest BCUT2D eigenvalue weighted by Crippen LogP contribution is 2.24. The molecule has 2 rings (SSSR count). The van der Waals surface area contributed by atoms with Gasteiger partial charge in [-0.3, -0.25) is 0 Å². The molecular formula is C18H24O2. The van der Waals surface area contributed by atoms with E-state index in [0.29, 0.717) is 19.3 Å². The number of hydrogen-bond donors (Lipinski definition) is 0. The van der Waals surface area contributed by atoms with E-state index in [1.165, 1.54) is 18.2 Å². The number of unbranched alkanes of at least 4 members (excludes halogenated alkanes) is 1. The second-order valence-electron chi connectivity index (χ2n) is 5.15. The number of hydrogen-bond acceptors (Lipinski definition) is 2. The summed E-state index contributed by atoms with van der Waals surface area (Å²) in [5.74, 6) is 0.938. The van der Waals surface area contributed by atoms with Gasteiger partial charge in [-0.25, -0.2) is 0 Å². The fraction of sp³-hybridized carbons (Fsp3) is 0.444. The van der Waals surface area contributed by atoms with Gasteiger partial charge < -0.3 is 9.47 Å². The molecule has 0 aromatic heterocycles. The van der Waals surface area contributed by atoms with Crippen LogP contribution in [0.2, 0.25) is 0 Å². The zero-order valence-electron chi connectivity index (χ0n) is 12.5. The van der Waals surface area contributed by atoms with E-state index in [2.05, 4.69) is 32.0 Å². The van der Waals surface area contributed by atoms with E-state index < -0.39 is 0 Å². The monoisotopic (exact) mass is 272 g/mol. The maximum Gasteiger partial charge on any atom is 0.127 e. The van der Waals surface area contributed by atoms with Crippen LogP contribution < -0.4 is 4.74 Å². The summed E-state index contributed by atoms with van der Waals surface area (Å²) < 4.78 is 11.6. The predicted octanol–water partition coefficient (Wildman–Crippen LogP) is 4.81. The van der Waals surface area contributed by atoms with Gasteiger partial charge in [-0.05, 0) is 24.8 Å². The minimum absolute atomic E-state index is 0.325. The van der Waals surface area contributed by atoms with E-state index >= 15 is 0 Å². The Morgan fingerprint density at radius 2 is 1.80 bits per heavy atom. The van der Waals surface area contributed by atoms with E-state index in [4.69, 9.17) is 9.47 Å². The van der Waals surface area contributed by atoms with Gasteiger partial charge in [0.15, 0.2) is 0 Å². The third-order valence-corrected chi connectivity index (χ3v) is 3.46. The first-order chi connectivity index (χ1) is 9.81. The second kappa shape index (κ2) is 7.91. The fourth-order valence-electron chi connectivity index (χ4n) is 2.30. The van der Waals surface area contributed by atoms with E-state index in [1.807, 2.05) is 24.3 Å². The van der Waals surface area contributed by atoms with Crippen LogP contribution in [-0.2, 0) is 4.74 Å². The van der Waals surface area contributed by atoms with Crippen molar-refractivity contribution in [3.63, 3.8) is 0 Å². The summed E-state index contributed by atoms with van der Waals surface area (Å²) in [4.78, 5) is 0. The van der Waals surface area contributed by atoms with Crippen molar-refractivity contribution in [2.75, 3.05) is 13.2 Å². The SMILES string of the molecule is CCCCC(C)OCCOc1cccc2ccccc12. The van der Waals surface area contributed by atoms with E-state index in [9.17, 15) is 0 Å². The van der Waals surface area contributed by atoms with Crippen molar-refractivity contribution >= 4 is 10.8 Å². The molecule has 2 aromatic carbocycles. The summed E-state index contributed by atoms with van der Waals surface area (Å²) in [6.45, 7) is 5.59. The van der Waals surface area contributed by atoms with Crippen molar-refractivity contribution in [1.82, 2.24) is 0 Å². The Kier molecular flexibility index (Phi) is 5.87. The van der Waals surface area contributed by atoms with Crippen LogP contribution in [0.5, 0.6) is 5.75 Å². The van der Waals surface area contributed by atoms with Gasteiger partial charge in [-0.1, -0.05) is 56.2 Å². The van der Waals surface area contributed by atoms with Crippen LogP contribution in [0.4, 0.5) is 0 Å². The van der Waals surface area contributed by atoms with Gasteiger partial charge in [-0.15, -0.1) is 0 Å². The first kappa shape index (κ1) is 14.9. The molecule has 0 aliphatic heterocycles. The smallest absolute Gasteiger partial charge is 0.127 e. The molecule has 0 spiro atoms. The Labute approximate surface area is 121 Å². The van der Waals surface area contributed by atoms with E-state index in [-0.39, 0.29) is 0 Å². The summed E-state index contributed by atoms with van der Waals surface area (Å²) >= 11 is 0. The molecule has 1 atom stereocenters. The Hall–Kier alpha value is -1.54. The molecule has 108 valence electrons. The molecule has 2 aromatic rings. The molecule has 20 heavy (non-hydrogen) atoms. The topological polar surface area (TPSA) is 18.5 Å². The quantitative estimate of drug-likeness (QED) is 0.642. The van der Waals surface area contributed by atoms with Crippen LogP contribution in [0.25, 0.3) is 10.8 Å². The molecule has 2 heteroatoms. The lowest BCUT2D eigenvalue weighted by molar-refractivity contribution is 0.0390. The molecule has 0 N–H and O–H groups in total. The average molecular weight is 272 g/mol. The molecule has 0 amide bonds. The van der Waals surface area contributed by atoms with Gasteiger partial charge >= 0.3 is 0 Å².